The zero-order valence-corrected chi connectivity index (χ0v) is 15.9. The maximum absolute atomic E-state index is 12.5. The fraction of sp³-hybridized carbons (Fsp3) is 0.722. The highest BCUT2D eigenvalue weighted by molar-refractivity contribution is 6.08. The molecule has 1 aliphatic carbocycles. The van der Waals surface area contributed by atoms with Crippen LogP contribution in [0.15, 0.2) is 0 Å². The molecule has 9 nitrogen and oxygen atoms in total. The van der Waals surface area contributed by atoms with Crippen LogP contribution in [0.5, 0.6) is 0 Å². The minimum atomic E-state index is -1.10. The molecule has 5 amide bonds. The van der Waals surface area contributed by atoms with Crippen molar-refractivity contribution < 1.29 is 28.7 Å². The maximum atomic E-state index is 12.5. The summed E-state index contributed by atoms with van der Waals surface area (Å²) >= 11 is 0. The van der Waals surface area contributed by atoms with Crippen molar-refractivity contribution in [2.45, 2.75) is 52.5 Å². The van der Waals surface area contributed by atoms with E-state index in [2.05, 4.69) is 5.32 Å². The number of carbonyl (C=O) groups excluding carboxylic acids is 5. The zero-order chi connectivity index (χ0) is 20.1. The number of imide groups is 2. The first kappa shape index (κ1) is 20.9. The van der Waals surface area contributed by atoms with Gasteiger partial charge in [0.15, 0.2) is 6.61 Å². The predicted molar refractivity (Wildman–Crippen MR) is 94.1 cm³/mol. The molecule has 150 valence electrons. The van der Waals surface area contributed by atoms with E-state index < -0.39 is 30.6 Å². The summed E-state index contributed by atoms with van der Waals surface area (Å²) in [6.45, 7) is 4.95. The number of nitrogens with zero attached hydrogens (tertiary/aromatic N) is 1. The number of hydrogen-bond acceptors (Lipinski definition) is 6. The van der Waals surface area contributed by atoms with E-state index in [9.17, 15) is 24.0 Å². The number of likely N-dealkylation sites (tertiary alicyclic amines) is 1. The first-order valence-electron chi connectivity index (χ1n) is 9.33. The number of rotatable bonds is 6. The van der Waals surface area contributed by atoms with Gasteiger partial charge in [-0.25, -0.2) is 9.59 Å². The highest BCUT2D eigenvalue weighted by Crippen LogP contribution is 2.38. The Balaban J connectivity index is 1.83. The lowest BCUT2D eigenvalue weighted by molar-refractivity contribution is -0.159. The molecule has 3 atom stereocenters. The van der Waals surface area contributed by atoms with E-state index in [0.29, 0.717) is 19.4 Å². The molecule has 1 heterocycles. The molecule has 1 saturated carbocycles. The maximum Gasteiger partial charge on any atom is 0.329 e. The van der Waals surface area contributed by atoms with E-state index in [-0.39, 0.29) is 29.6 Å². The molecule has 0 bridgehead atoms. The van der Waals surface area contributed by atoms with E-state index in [1.165, 1.54) is 6.92 Å². The molecule has 2 N–H and O–H groups in total. The zero-order valence-electron chi connectivity index (χ0n) is 15.9. The molecule has 0 radical (unpaired) electrons. The second-order valence-electron chi connectivity index (χ2n) is 7.48. The van der Waals surface area contributed by atoms with Gasteiger partial charge in [-0.3, -0.25) is 24.6 Å². The molecule has 0 aromatic heterocycles. The first-order chi connectivity index (χ1) is 12.7. The standard InChI is InChI=1S/C18H27N3O6/c1-10(2)8-19-18(26)20-14(22)9-27-17(25)11(3)21-15(23)12-6-4-5-7-13(12)16(21)24/h10-13H,4-9H2,1-3H3,(H2,19,20,22,26)/t11-,12+,13+/m0/s1. The Bertz CT molecular complexity index is 609. The van der Waals surface area contributed by atoms with Gasteiger partial charge in [0.2, 0.25) is 11.8 Å². The van der Waals surface area contributed by atoms with Gasteiger partial charge in [-0.15, -0.1) is 0 Å². The summed E-state index contributed by atoms with van der Waals surface area (Å²) in [6.07, 6.45) is 3.10. The summed E-state index contributed by atoms with van der Waals surface area (Å²) in [4.78, 5) is 61.3. The average molecular weight is 381 g/mol. The highest BCUT2D eigenvalue weighted by Gasteiger charge is 2.51. The van der Waals surface area contributed by atoms with Gasteiger partial charge in [0.05, 0.1) is 11.8 Å². The topological polar surface area (TPSA) is 122 Å². The van der Waals surface area contributed by atoms with E-state index in [4.69, 9.17) is 4.74 Å². The second kappa shape index (κ2) is 8.96. The third kappa shape index (κ3) is 5.05. The Morgan fingerprint density at radius 3 is 2.15 bits per heavy atom. The van der Waals surface area contributed by atoms with E-state index in [1.54, 1.807) is 0 Å². The fourth-order valence-electron chi connectivity index (χ4n) is 3.44. The first-order valence-corrected chi connectivity index (χ1v) is 9.33. The monoisotopic (exact) mass is 381 g/mol. The molecular formula is C18H27N3O6. The smallest absolute Gasteiger partial charge is 0.329 e. The van der Waals surface area contributed by atoms with Crippen LogP contribution in [0.4, 0.5) is 4.79 Å². The van der Waals surface area contributed by atoms with Crippen LogP contribution in [-0.4, -0.2) is 53.8 Å². The summed E-state index contributed by atoms with van der Waals surface area (Å²) in [7, 11) is 0. The average Bonchev–Trinajstić information content (AvgIpc) is 2.88. The Labute approximate surface area is 158 Å². The Hall–Kier alpha value is -2.45. The van der Waals surface area contributed by atoms with Crippen molar-refractivity contribution in [3.63, 3.8) is 0 Å². The van der Waals surface area contributed by atoms with Gasteiger partial charge in [-0.05, 0) is 25.7 Å². The molecule has 27 heavy (non-hydrogen) atoms. The van der Waals surface area contributed by atoms with E-state index in [0.717, 1.165) is 17.7 Å². The highest BCUT2D eigenvalue weighted by atomic mass is 16.5. The number of urea groups is 1. The van der Waals surface area contributed by atoms with Crippen molar-refractivity contribution in [1.29, 1.82) is 0 Å². The van der Waals surface area contributed by atoms with Crippen molar-refractivity contribution in [1.82, 2.24) is 15.5 Å². The normalized spacial score (nSPS) is 23.0. The van der Waals surface area contributed by atoms with Crippen molar-refractivity contribution in [3.05, 3.63) is 0 Å². The summed E-state index contributed by atoms with van der Waals surface area (Å²) in [5.74, 6) is -2.80. The van der Waals surface area contributed by atoms with Crippen molar-refractivity contribution in [2.24, 2.45) is 17.8 Å². The Kier molecular flexibility index (Phi) is 6.92. The van der Waals surface area contributed by atoms with Gasteiger partial charge in [-0.1, -0.05) is 26.7 Å². The van der Waals surface area contributed by atoms with Gasteiger partial charge in [0.25, 0.3) is 5.91 Å². The summed E-state index contributed by atoms with van der Waals surface area (Å²) in [5.41, 5.74) is 0. The van der Waals surface area contributed by atoms with Crippen LogP contribution in [0, 0.1) is 17.8 Å². The van der Waals surface area contributed by atoms with Gasteiger partial charge in [0, 0.05) is 6.54 Å². The quantitative estimate of drug-likeness (QED) is 0.512. The lowest BCUT2D eigenvalue weighted by Gasteiger charge is -2.21. The second-order valence-corrected chi connectivity index (χ2v) is 7.48. The lowest BCUT2D eigenvalue weighted by Crippen LogP contribution is -2.46. The number of amides is 5. The summed E-state index contributed by atoms with van der Waals surface area (Å²) < 4.78 is 4.88. The largest absolute Gasteiger partial charge is 0.454 e. The SMILES string of the molecule is CC(C)CNC(=O)NC(=O)COC(=O)[C@H](C)N1C(=O)[C@@H]2CCCC[C@H]2C1=O. The number of esters is 1. The number of ether oxygens (including phenoxy) is 1. The minimum absolute atomic E-state index is 0.226. The number of hydrogen-bond donors (Lipinski definition) is 2. The Morgan fingerprint density at radius 1 is 1.07 bits per heavy atom. The molecule has 0 aromatic carbocycles. The van der Waals surface area contributed by atoms with Crippen LogP contribution >= 0.6 is 0 Å². The molecule has 2 rings (SSSR count). The van der Waals surface area contributed by atoms with Gasteiger partial charge >= 0.3 is 12.0 Å². The van der Waals surface area contributed by atoms with Gasteiger partial charge in [0.1, 0.15) is 6.04 Å². The Morgan fingerprint density at radius 2 is 1.63 bits per heavy atom. The minimum Gasteiger partial charge on any atom is -0.454 e. The number of carbonyl (C=O) groups is 5. The van der Waals surface area contributed by atoms with E-state index in [1.807, 2.05) is 19.2 Å². The fourth-order valence-corrected chi connectivity index (χ4v) is 3.44. The van der Waals surface area contributed by atoms with Crippen LogP contribution in [0.3, 0.4) is 0 Å². The van der Waals surface area contributed by atoms with Crippen molar-refractivity contribution in [3.8, 4) is 0 Å². The van der Waals surface area contributed by atoms with Crippen molar-refractivity contribution >= 4 is 29.7 Å². The third-order valence-corrected chi connectivity index (χ3v) is 4.87. The molecule has 2 fully saturated rings. The molecule has 0 aromatic rings. The van der Waals surface area contributed by atoms with Crippen LogP contribution in [0.1, 0.15) is 46.5 Å². The van der Waals surface area contributed by atoms with Crippen LogP contribution in [0.25, 0.3) is 0 Å². The molecular weight excluding hydrogens is 354 g/mol. The van der Waals surface area contributed by atoms with Crippen molar-refractivity contribution in [2.75, 3.05) is 13.2 Å². The van der Waals surface area contributed by atoms with Crippen LogP contribution in [0.2, 0.25) is 0 Å². The summed E-state index contributed by atoms with van der Waals surface area (Å²) in [6, 6.07) is -1.77. The van der Waals surface area contributed by atoms with E-state index >= 15 is 0 Å². The van der Waals surface area contributed by atoms with Crippen LogP contribution in [-0.2, 0) is 23.9 Å². The predicted octanol–water partition coefficient (Wildman–Crippen LogP) is 0.575. The number of nitrogens with one attached hydrogen (secondary N) is 2. The molecule has 0 unspecified atom stereocenters. The van der Waals surface area contributed by atoms with Crippen LogP contribution < -0.4 is 10.6 Å². The summed E-state index contributed by atoms with van der Waals surface area (Å²) in [5, 5.41) is 4.54. The molecule has 1 saturated heterocycles. The van der Waals surface area contributed by atoms with Gasteiger partial charge in [-0.2, -0.15) is 0 Å². The number of fused-ring (bicyclic) bond motifs is 1. The van der Waals surface area contributed by atoms with Gasteiger partial charge < -0.3 is 10.1 Å². The molecule has 2 aliphatic rings. The lowest BCUT2D eigenvalue weighted by atomic mass is 9.81. The molecule has 0 spiro atoms. The molecule has 9 heteroatoms. The third-order valence-electron chi connectivity index (χ3n) is 4.87. The molecule has 1 aliphatic heterocycles.